The van der Waals surface area contributed by atoms with E-state index in [1.165, 1.54) is 0 Å². The fourth-order valence-corrected chi connectivity index (χ4v) is 2.32. The van der Waals surface area contributed by atoms with Crippen molar-refractivity contribution in [2.24, 2.45) is 0 Å². The summed E-state index contributed by atoms with van der Waals surface area (Å²) in [6, 6.07) is 9.65. The Morgan fingerprint density at radius 2 is 2.15 bits per heavy atom. The first-order chi connectivity index (χ1) is 9.63. The minimum absolute atomic E-state index is 0.0517. The largest absolute Gasteiger partial charge is 0.336 e. The van der Waals surface area contributed by atoms with Crippen LogP contribution in [0.25, 0.3) is 10.9 Å². The third kappa shape index (κ3) is 3.28. The second-order valence-corrected chi connectivity index (χ2v) is 5.42. The molecule has 0 aliphatic rings. The third-order valence-electron chi connectivity index (χ3n) is 3.27. The van der Waals surface area contributed by atoms with Crippen molar-refractivity contribution in [3.63, 3.8) is 0 Å². The molecular formula is C16H19ClN2O. The van der Waals surface area contributed by atoms with Crippen LogP contribution in [0.3, 0.4) is 0 Å². The van der Waals surface area contributed by atoms with Gasteiger partial charge in [0.15, 0.2) is 0 Å². The number of pyridine rings is 1. The average Bonchev–Trinajstić information content (AvgIpc) is 2.46. The highest BCUT2D eigenvalue weighted by molar-refractivity contribution is 6.17. The average molecular weight is 291 g/mol. The van der Waals surface area contributed by atoms with Crippen molar-refractivity contribution in [1.29, 1.82) is 0 Å². The lowest BCUT2D eigenvalue weighted by Gasteiger charge is -2.26. The smallest absolute Gasteiger partial charge is 0.254 e. The van der Waals surface area contributed by atoms with E-state index in [-0.39, 0.29) is 11.9 Å². The molecule has 0 aliphatic carbocycles. The van der Waals surface area contributed by atoms with Gasteiger partial charge in [-0.05, 0) is 44.5 Å². The summed E-state index contributed by atoms with van der Waals surface area (Å²) in [7, 11) is 0. The van der Waals surface area contributed by atoms with Crippen molar-refractivity contribution in [2.45, 2.75) is 26.3 Å². The van der Waals surface area contributed by atoms with Crippen LogP contribution in [-0.2, 0) is 0 Å². The van der Waals surface area contributed by atoms with Crippen LogP contribution in [0, 0.1) is 0 Å². The summed E-state index contributed by atoms with van der Waals surface area (Å²) in [5, 5.41) is 0.986. The Labute approximate surface area is 124 Å². The van der Waals surface area contributed by atoms with Gasteiger partial charge in [-0.1, -0.05) is 6.07 Å². The molecule has 1 aromatic heterocycles. The molecule has 0 fully saturated rings. The first-order valence-electron chi connectivity index (χ1n) is 6.85. The predicted octanol–water partition coefficient (Wildman–Crippen LogP) is 3.71. The predicted molar refractivity (Wildman–Crippen MR) is 83.3 cm³/mol. The second kappa shape index (κ2) is 6.71. The fourth-order valence-electron chi connectivity index (χ4n) is 2.20. The lowest BCUT2D eigenvalue weighted by Crippen LogP contribution is -2.37. The number of alkyl halides is 1. The highest BCUT2D eigenvalue weighted by Crippen LogP contribution is 2.16. The number of nitrogens with zero attached hydrogens (tertiary/aromatic N) is 2. The lowest BCUT2D eigenvalue weighted by atomic mass is 10.1. The molecular weight excluding hydrogens is 272 g/mol. The molecule has 0 N–H and O–H groups in total. The molecule has 0 atom stereocenters. The molecule has 0 saturated carbocycles. The molecule has 20 heavy (non-hydrogen) atoms. The van der Waals surface area contributed by atoms with E-state index in [4.69, 9.17) is 11.6 Å². The molecule has 1 amide bonds. The maximum atomic E-state index is 12.6. The summed E-state index contributed by atoms with van der Waals surface area (Å²) in [6.45, 7) is 4.73. The van der Waals surface area contributed by atoms with Crippen molar-refractivity contribution < 1.29 is 4.79 Å². The molecule has 0 aliphatic heterocycles. The third-order valence-corrected chi connectivity index (χ3v) is 3.53. The van der Waals surface area contributed by atoms with E-state index in [1.807, 2.05) is 49.1 Å². The van der Waals surface area contributed by atoms with Crippen molar-refractivity contribution in [2.75, 3.05) is 12.4 Å². The molecule has 2 aromatic rings. The molecule has 4 heteroatoms. The van der Waals surface area contributed by atoms with Crippen molar-refractivity contribution >= 4 is 28.4 Å². The van der Waals surface area contributed by atoms with Crippen LogP contribution in [0.5, 0.6) is 0 Å². The van der Waals surface area contributed by atoms with Crippen LogP contribution in [0.2, 0.25) is 0 Å². The van der Waals surface area contributed by atoms with Gasteiger partial charge in [0.1, 0.15) is 0 Å². The Balaban J connectivity index is 2.28. The number of carbonyl (C=O) groups is 1. The quantitative estimate of drug-likeness (QED) is 0.787. The van der Waals surface area contributed by atoms with Gasteiger partial charge in [-0.25, -0.2) is 0 Å². The first kappa shape index (κ1) is 14.8. The number of aromatic nitrogens is 1. The van der Waals surface area contributed by atoms with E-state index >= 15 is 0 Å². The molecule has 0 spiro atoms. The van der Waals surface area contributed by atoms with Gasteiger partial charge in [0.2, 0.25) is 0 Å². The standard InChI is InChI=1S/C16H19ClN2O/c1-12(2)19(10-4-8-17)16(20)14-6-7-15-13(11-14)5-3-9-18-15/h3,5-7,9,11-12H,4,8,10H2,1-2H3. The number of halogens is 1. The highest BCUT2D eigenvalue weighted by Gasteiger charge is 2.18. The number of benzene rings is 1. The van der Waals surface area contributed by atoms with E-state index in [9.17, 15) is 4.79 Å². The normalized spacial score (nSPS) is 11.0. The number of rotatable bonds is 5. The van der Waals surface area contributed by atoms with E-state index in [2.05, 4.69) is 4.98 Å². The van der Waals surface area contributed by atoms with Gasteiger partial charge in [0.25, 0.3) is 5.91 Å². The summed E-state index contributed by atoms with van der Waals surface area (Å²) in [4.78, 5) is 18.7. The van der Waals surface area contributed by atoms with Crippen LogP contribution in [-0.4, -0.2) is 34.3 Å². The van der Waals surface area contributed by atoms with E-state index < -0.39 is 0 Å². The second-order valence-electron chi connectivity index (χ2n) is 5.05. The topological polar surface area (TPSA) is 33.2 Å². The van der Waals surface area contributed by atoms with Gasteiger partial charge in [0, 0.05) is 35.6 Å². The maximum absolute atomic E-state index is 12.6. The Hall–Kier alpha value is -1.61. The van der Waals surface area contributed by atoms with Gasteiger partial charge in [0.05, 0.1) is 5.52 Å². The zero-order chi connectivity index (χ0) is 14.5. The Kier molecular flexibility index (Phi) is 4.96. The monoisotopic (exact) mass is 290 g/mol. The van der Waals surface area contributed by atoms with Gasteiger partial charge in [-0.15, -0.1) is 11.6 Å². The summed E-state index contributed by atoms with van der Waals surface area (Å²) < 4.78 is 0. The van der Waals surface area contributed by atoms with Crippen molar-refractivity contribution in [1.82, 2.24) is 9.88 Å². The SMILES string of the molecule is CC(C)N(CCCCl)C(=O)c1ccc2ncccc2c1. The molecule has 0 unspecified atom stereocenters. The zero-order valence-electron chi connectivity index (χ0n) is 11.8. The molecule has 0 saturated heterocycles. The van der Waals surface area contributed by atoms with Crippen LogP contribution in [0.15, 0.2) is 36.5 Å². The molecule has 3 nitrogen and oxygen atoms in total. The van der Waals surface area contributed by atoms with Crippen LogP contribution in [0.4, 0.5) is 0 Å². The zero-order valence-corrected chi connectivity index (χ0v) is 12.6. The van der Waals surface area contributed by atoms with Crippen molar-refractivity contribution in [3.05, 3.63) is 42.1 Å². The molecule has 1 heterocycles. The molecule has 106 valence electrons. The molecule has 0 bridgehead atoms. The summed E-state index contributed by atoms with van der Waals surface area (Å²) in [6.07, 6.45) is 2.56. The summed E-state index contributed by atoms with van der Waals surface area (Å²) in [5.41, 5.74) is 1.61. The van der Waals surface area contributed by atoms with Gasteiger partial charge in [-0.3, -0.25) is 9.78 Å². The minimum atomic E-state index is 0.0517. The van der Waals surface area contributed by atoms with Gasteiger partial charge in [-0.2, -0.15) is 0 Å². The van der Waals surface area contributed by atoms with E-state index in [0.29, 0.717) is 18.0 Å². The van der Waals surface area contributed by atoms with Crippen LogP contribution in [0.1, 0.15) is 30.6 Å². The minimum Gasteiger partial charge on any atom is -0.336 e. The number of fused-ring (bicyclic) bond motifs is 1. The van der Waals surface area contributed by atoms with Crippen molar-refractivity contribution in [3.8, 4) is 0 Å². The summed E-state index contributed by atoms with van der Waals surface area (Å²) >= 11 is 5.73. The van der Waals surface area contributed by atoms with E-state index in [0.717, 1.165) is 17.3 Å². The molecule has 2 rings (SSSR count). The van der Waals surface area contributed by atoms with Crippen LogP contribution < -0.4 is 0 Å². The number of carbonyl (C=O) groups excluding carboxylic acids is 1. The van der Waals surface area contributed by atoms with Crippen LogP contribution >= 0.6 is 11.6 Å². The molecule has 1 aromatic carbocycles. The Morgan fingerprint density at radius 3 is 2.85 bits per heavy atom. The highest BCUT2D eigenvalue weighted by atomic mass is 35.5. The number of hydrogen-bond donors (Lipinski definition) is 0. The van der Waals surface area contributed by atoms with Gasteiger partial charge >= 0.3 is 0 Å². The molecule has 0 radical (unpaired) electrons. The maximum Gasteiger partial charge on any atom is 0.254 e. The first-order valence-corrected chi connectivity index (χ1v) is 7.38. The Bertz CT molecular complexity index is 598. The Morgan fingerprint density at radius 1 is 1.35 bits per heavy atom. The number of hydrogen-bond acceptors (Lipinski definition) is 2. The summed E-state index contributed by atoms with van der Waals surface area (Å²) in [5.74, 6) is 0.619. The van der Waals surface area contributed by atoms with Gasteiger partial charge < -0.3 is 4.90 Å². The number of amides is 1. The fraction of sp³-hybridized carbons (Fsp3) is 0.375. The lowest BCUT2D eigenvalue weighted by molar-refractivity contribution is 0.0706. The van der Waals surface area contributed by atoms with E-state index in [1.54, 1.807) is 6.20 Å².